The van der Waals surface area contributed by atoms with Gasteiger partial charge in [0.05, 0.1) is 0 Å². The van der Waals surface area contributed by atoms with Crippen molar-refractivity contribution in [1.82, 2.24) is 9.80 Å². The van der Waals surface area contributed by atoms with E-state index in [0.29, 0.717) is 12.3 Å². The van der Waals surface area contributed by atoms with Crippen molar-refractivity contribution in [3.05, 3.63) is 58.7 Å². The van der Waals surface area contributed by atoms with Crippen molar-refractivity contribution in [2.45, 2.75) is 92.9 Å². The fraction of sp³-hybridized carbons (Fsp3) is 0.633. The summed E-state index contributed by atoms with van der Waals surface area (Å²) in [6.07, 6.45) is 22.0. The molecular weight excluding hydrogens is 404 g/mol. The molecule has 1 amide bonds. The highest BCUT2D eigenvalue weighted by atomic mass is 16.2. The van der Waals surface area contributed by atoms with Gasteiger partial charge in [0.25, 0.3) is 0 Å². The molecule has 0 aromatic rings. The molecule has 1 fully saturated rings. The SMILES string of the molecule is CC=CCN1CCN(C(=O)CCC=C(C)CCC=C(C)CCC=C(C)CCC=C(C)C)CC1. The van der Waals surface area contributed by atoms with Gasteiger partial charge in [-0.1, -0.05) is 58.7 Å². The van der Waals surface area contributed by atoms with Crippen LogP contribution in [0.15, 0.2) is 58.7 Å². The molecule has 0 N–H and O–H groups in total. The zero-order chi connectivity index (χ0) is 24.5. The molecule has 0 aromatic carbocycles. The highest BCUT2D eigenvalue weighted by Gasteiger charge is 2.19. The van der Waals surface area contributed by atoms with Gasteiger partial charge in [-0.25, -0.2) is 0 Å². The second kappa shape index (κ2) is 17.6. The maximum Gasteiger partial charge on any atom is 0.222 e. The quantitative estimate of drug-likeness (QED) is 0.252. The highest BCUT2D eigenvalue weighted by Crippen LogP contribution is 2.14. The molecule has 1 heterocycles. The lowest BCUT2D eigenvalue weighted by Crippen LogP contribution is -2.48. The van der Waals surface area contributed by atoms with Crippen LogP contribution in [0.1, 0.15) is 92.9 Å². The van der Waals surface area contributed by atoms with Crippen LogP contribution in [-0.4, -0.2) is 48.4 Å². The lowest BCUT2D eigenvalue weighted by molar-refractivity contribution is -0.132. The third kappa shape index (κ3) is 14.8. The summed E-state index contributed by atoms with van der Waals surface area (Å²) < 4.78 is 0. The molecule has 3 heteroatoms. The topological polar surface area (TPSA) is 23.6 Å². The lowest BCUT2D eigenvalue weighted by atomic mass is 10.0. The average molecular weight is 455 g/mol. The first-order chi connectivity index (χ1) is 15.8. The van der Waals surface area contributed by atoms with Crippen molar-refractivity contribution in [1.29, 1.82) is 0 Å². The summed E-state index contributed by atoms with van der Waals surface area (Å²) in [5.74, 6) is 0.310. The maximum atomic E-state index is 12.5. The summed E-state index contributed by atoms with van der Waals surface area (Å²) in [5.41, 5.74) is 5.80. The van der Waals surface area contributed by atoms with Gasteiger partial charge in [-0.2, -0.15) is 0 Å². The smallest absolute Gasteiger partial charge is 0.222 e. The molecule has 0 bridgehead atoms. The van der Waals surface area contributed by atoms with Crippen molar-refractivity contribution in [2.24, 2.45) is 0 Å². The van der Waals surface area contributed by atoms with Crippen LogP contribution in [0.4, 0.5) is 0 Å². The van der Waals surface area contributed by atoms with E-state index in [9.17, 15) is 4.79 Å². The van der Waals surface area contributed by atoms with Crippen LogP contribution < -0.4 is 0 Å². The van der Waals surface area contributed by atoms with E-state index < -0.39 is 0 Å². The third-order valence-electron chi connectivity index (χ3n) is 6.33. The van der Waals surface area contributed by atoms with E-state index in [1.807, 2.05) is 4.90 Å². The Labute approximate surface area is 205 Å². The molecule has 1 rings (SSSR count). The number of hydrogen-bond acceptors (Lipinski definition) is 2. The van der Waals surface area contributed by atoms with E-state index in [0.717, 1.165) is 71.2 Å². The molecule has 3 nitrogen and oxygen atoms in total. The Balaban J connectivity index is 2.21. The molecule has 0 atom stereocenters. The number of hydrogen-bond donors (Lipinski definition) is 0. The average Bonchev–Trinajstić information content (AvgIpc) is 2.77. The third-order valence-corrected chi connectivity index (χ3v) is 6.33. The predicted molar refractivity (Wildman–Crippen MR) is 145 cm³/mol. The fourth-order valence-corrected chi connectivity index (χ4v) is 4.02. The predicted octanol–water partition coefficient (Wildman–Crippen LogP) is 7.63. The monoisotopic (exact) mass is 454 g/mol. The molecule has 0 spiro atoms. The summed E-state index contributed by atoms with van der Waals surface area (Å²) >= 11 is 0. The Bertz CT molecular complexity index is 712. The standard InChI is InChI=1S/C30H50N2O/c1-7-8-21-31-22-24-32(25-23-31)30(33)20-12-19-29(6)18-11-17-28(5)16-10-15-27(4)14-9-13-26(2)3/h7-8,13,15,17,19H,9-12,14,16,18,20-25H2,1-6H3. The number of amides is 1. The Kier molecular flexibility index (Phi) is 15.5. The van der Waals surface area contributed by atoms with Gasteiger partial charge in [0, 0.05) is 39.1 Å². The Hall–Kier alpha value is -1.87. The fourth-order valence-electron chi connectivity index (χ4n) is 4.02. The van der Waals surface area contributed by atoms with E-state index >= 15 is 0 Å². The van der Waals surface area contributed by atoms with Crippen molar-refractivity contribution in [2.75, 3.05) is 32.7 Å². The van der Waals surface area contributed by atoms with Crippen LogP contribution >= 0.6 is 0 Å². The second-order valence-corrected chi connectivity index (χ2v) is 9.84. The van der Waals surface area contributed by atoms with E-state index in [2.05, 4.69) is 82.9 Å². The Morgan fingerprint density at radius 1 is 0.667 bits per heavy atom. The zero-order valence-electron chi connectivity index (χ0n) is 22.5. The summed E-state index contributed by atoms with van der Waals surface area (Å²) in [6.45, 7) is 17.8. The Morgan fingerprint density at radius 2 is 1.12 bits per heavy atom. The van der Waals surface area contributed by atoms with E-state index in [1.54, 1.807) is 0 Å². The molecule has 0 saturated carbocycles. The first-order valence-electron chi connectivity index (χ1n) is 13.0. The first kappa shape index (κ1) is 29.2. The van der Waals surface area contributed by atoms with Gasteiger partial charge in [-0.3, -0.25) is 9.69 Å². The van der Waals surface area contributed by atoms with Gasteiger partial charge in [0.2, 0.25) is 5.91 Å². The van der Waals surface area contributed by atoms with Gasteiger partial charge >= 0.3 is 0 Å². The number of carbonyl (C=O) groups is 1. The van der Waals surface area contributed by atoms with Crippen LogP contribution in [0.3, 0.4) is 0 Å². The normalized spacial score (nSPS) is 16.5. The maximum absolute atomic E-state index is 12.5. The zero-order valence-corrected chi connectivity index (χ0v) is 22.5. The molecule has 0 unspecified atom stereocenters. The van der Waals surface area contributed by atoms with Crippen LogP contribution in [0, 0.1) is 0 Å². The number of piperazine rings is 1. The van der Waals surface area contributed by atoms with Crippen molar-refractivity contribution in [3.63, 3.8) is 0 Å². The molecule has 186 valence electrons. The number of rotatable bonds is 14. The molecule has 0 aliphatic carbocycles. The minimum Gasteiger partial charge on any atom is -0.340 e. The van der Waals surface area contributed by atoms with E-state index in [4.69, 9.17) is 0 Å². The minimum absolute atomic E-state index is 0.310. The van der Waals surface area contributed by atoms with Crippen molar-refractivity contribution < 1.29 is 4.79 Å². The number of carbonyl (C=O) groups excluding carboxylic acids is 1. The summed E-state index contributed by atoms with van der Waals surface area (Å²) in [7, 11) is 0. The molecule has 33 heavy (non-hydrogen) atoms. The van der Waals surface area contributed by atoms with Crippen LogP contribution in [-0.2, 0) is 4.79 Å². The van der Waals surface area contributed by atoms with Gasteiger partial charge < -0.3 is 4.90 Å². The summed E-state index contributed by atoms with van der Waals surface area (Å²) in [6, 6.07) is 0. The van der Waals surface area contributed by atoms with E-state index in [1.165, 1.54) is 28.7 Å². The van der Waals surface area contributed by atoms with Crippen molar-refractivity contribution >= 4 is 5.91 Å². The molecule has 1 aliphatic heterocycles. The molecule has 1 aliphatic rings. The van der Waals surface area contributed by atoms with Gasteiger partial charge in [-0.05, 0) is 86.5 Å². The first-order valence-corrected chi connectivity index (χ1v) is 13.0. The lowest BCUT2D eigenvalue weighted by Gasteiger charge is -2.34. The summed E-state index contributed by atoms with van der Waals surface area (Å²) in [5, 5.41) is 0. The Morgan fingerprint density at radius 3 is 1.58 bits per heavy atom. The van der Waals surface area contributed by atoms with Crippen molar-refractivity contribution in [3.8, 4) is 0 Å². The largest absolute Gasteiger partial charge is 0.340 e. The number of nitrogens with zero attached hydrogens (tertiary/aromatic N) is 2. The molecule has 1 saturated heterocycles. The van der Waals surface area contributed by atoms with Gasteiger partial charge in [0.1, 0.15) is 0 Å². The van der Waals surface area contributed by atoms with Crippen LogP contribution in [0.5, 0.6) is 0 Å². The van der Waals surface area contributed by atoms with Gasteiger partial charge in [-0.15, -0.1) is 0 Å². The summed E-state index contributed by atoms with van der Waals surface area (Å²) in [4.78, 5) is 16.9. The minimum atomic E-state index is 0.310. The van der Waals surface area contributed by atoms with E-state index in [-0.39, 0.29) is 0 Å². The van der Waals surface area contributed by atoms with Crippen LogP contribution in [0.25, 0.3) is 0 Å². The number of allylic oxidation sites excluding steroid dienone is 9. The van der Waals surface area contributed by atoms with Gasteiger partial charge in [0.15, 0.2) is 0 Å². The molecule has 0 radical (unpaired) electrons. The molecule has 0 aromatic heterocycles. The molecular formula is C30H50N2O. The second-order valence-electron chi connectivity index (χ2n) is 9.84. The van der Waals surface area contributed by atoms with Crippen LogP contribution in [0.2, 0.25) is 0 Å². The highest BCUT2D eigenvalue weighted by molar-refractivity contribution is 5.76.